The number of fused-ring (bicyclic) bond motifs is 15. The van der Waals surface area contributed by atoms with Crippen LogP contribution >= 0.6 is 0 Å². The highest BCUT2D eigenvalue weighted by Gasteiger charge is 2.64. The maximum atomic E-state index is 2.85. The van der Waals surface area contributed by atoms with Crippen molar-refractivity contribution < 1.29 is 0 Å². The van der Waals surface area contributed by atoms with Crippen molar-refractivity contribution in [1.29, 1.82) is 0 Å². The largest absolute Gasteiger partial charge is 0.327 e. The van der Waals surface area contributed by atoms with Gasteiger partial charge in [-0.2, -0.15) is 0 Å². The highest BCUT2D eigenvalue weighted by molar-refractivity contribution is 6.00. The molecular weight excluding hydrogens is 843 g/mol. The molecule has 2 spiro atoms. The minimum atomic E-state index is -0.554. The molecule has 1 saturated carbocycles. The van der Waals surface area contributed by atoms with E-state index < -0.39 is 11.0 Å². The van der Waals surface area contributed by atoms with Crippen molar-refractivity contribution in [3.63, 3.8) is 0 Å². The van der Waals surface area contributed by atoms with Crippen LogP contribution in [0.3, 0.4) is 0 Å². The third kappa shape index (κ3) is 4.71. The smallest absolute Gasteiger partial charge is 0.0908 e. The van der Waals surface area contributed by atoms with Crippen LogP contribution in [0.4, 0.5) is 11.4 Å². The van der Waals surface area contributed by atoms with Gasteiger partial charge in [-0.25, -0.2) is 0 Å². The van der Waals surface area contributed by atoms with Gasteiger partial charge < -0.3 is 4.90 Å². The van der Waals surface area contributed by atoms with Crippen LogP contribution in [0.15, 0.2) is 229 Å². The second-order valence-corrected chi connectivity index (χ2v) is 22.2. The molecular formula is C69H57N. The summed E-state index contributed by atoms with van der Waals surface area (Å²) >= 11 is 0. The number of allylic oxidation sites excluding steroid dienone is 4. The van der Waals surface area contributed by atoms with Crippen molar-refractivity contribution in [2.45, 2.75) is 80.6 Å². The first-order valence-corrected chi connectivity index (χ1v) is 26.0. The van der Waals surface area contributed by atoms with Gasteiger partial charge in [0.25, 0.3) is 0 Å². The zero-order valence-electron chi connectivity index (χ0n) is 40.6. The van der Waals surface area contributed by atoms with Gasteiger partial charge in [0, 0.05) is 33.5 Å². The molecule has 1 heterocycles. The Kier molecular flexibility index (Phi) is 8.12. The molecule has 0 N–H and O–H groups in total. The Morgan fingerprint density at radius 2 is 0.900 bits per heavy atom. The SMILES string of the molecule is CC1C=CC2(C)C3=C1C(C)C1=C(c4ccccc4C1(c1ccccc1)c1ccccc1)C3(C)N(c1ccc3c(c1)C1(CCC4(CC1)c1ccccc1-c1ccccc14)c1ccccc1-3)c1ccccc12. The monoisotopic (exact) mass is 899 g/mol. The minimum Gasteiger partial charge on any atom is -0.327 e. The fraction of sp³-hybridized carbons (Fsp3) is 0.217. The third-order valence-electron chi connectivity index (χ3n) is 19.4. The highest BCUT2D eigenvalue weighted by atomic mass is 15.2. The average Bonchev–Trinajstić information content (AvgIpc) is 3.99. The summed E-state index contributed by atoms with van der Waals surface area (Å²) in [5.74, 6) is 0.445. The molecule has 0 amide bonds. The molecule has 7 aliphatic rings. The van der Waals surface area contributed by atoms with Crippen molar-refractivity contribution in [3.05, 3.63) is 279 Å². The number of benzene rings is 8. The van der Waals surface area contributed by atoms with Crippen molar-refractivity contribution in [3.8, 4) is 22.3 Å². The molecule has 338 valence electrons. The Morgan fingerprint density at radius 1 is 0.443 bits per heavy atom. The molecule has 0 saturated heterocycles. The van der Waals surface area contributed by atoms with E-state index in [-0.39, 0.29) is 28.1 Å². The molecule has 4 atom stereocenters. The summed E-state index contributed by atoms with van der Waals surface area (Å²) in [5, 5.41) is 0. The average molecular weight is 900 g/mol. The lowest BCUT2D eigenvalue weighted by molar-refractivity contribution is 0.265. The summed E-state index contributed by atoms with van der Waals surface area (Å²) in [4.78, 5) is 2.85. The number of rotatable bonds is 3. The number of para-hydroxylation sites is 1. The van der Waals surface area contributed by atoms with Gasteiger partial charge in [0.15, 0.2) is 0 Å². The predicted molar refractivity (Wildman–Crippen MR) is 289 cm³/mol. The van der Waals surface area contributed by atoms with Crippen molar-refractivity contribution >= 4 is 16.9 Å². The Hall–Kier alpha value is -7.22. The normalized spacial score (nSPS) is 24.9. The fourth-order valence-electron chi connectivity index (χ4n) is 16.8. The topological polar surface area (TPSA) is 3.24 Å². The van der Waals surface area contributed by atoms with Crippen LogP contribution in [-0.2, 0) is 21.7 Å². The van der Waals surface area contributed by atoms with Gasteiger partial charge in [-0.05, 0) is 153 Å². The van der Waals surface area contributed by atoms with Crippen LogP contribution in [0, 0.1) is 11.8 Å². The first-order valence-electron chi connectivity index (χ1n) is 26.0. The molecule has 8 aromatic rings. The minimum absolute atomic E-state index is 0.0209. The molecule has 8 aromatic carbocycles. The lowest BCUT2D eigenvalue weighted by Gasteiger charge is -2.61. The third-order valence-corrected chi connectivity index (χ3v) is 19.4. The summed E-state index contributed by atoms with van der Waals surface area (Å²) in [6.45, 7) is 10.2. The number of nitrogens with zero attached hydrogens (tertiary/aromatic N) is 1. The van der Waals surface area contributed by atoms with Gasteiger partial charge in [0.2, 0.25) is 0 Å². The van der Waals surface area contributed by atoms with Crippen LogP contribution in [-0.4, -0.2) is 5.54 Å². The first-order chi connectivity index (χ1) is 34.3. The van der Waals surface area contributed by atoms with Gasteiger partial charge in [-0.3, -0.25) is 0 Å². The lowest BCUT2D eigenvalue weighted by atomic mass is 9.51. The quantitative estimate of drug-likeness (QED) is 0.160. The molecule has 1 heteroatoms. The Bertz CT molecular complexity index is 3540. The second-order valence-electron chi connectivity index (χ2n) is 22.2. The van der Waals surface area contributed by atoms with E-state index in [2.05, 4.69) is 245 Å². The molecule has 6 aliphatic carbocycles. The Morgan fingerprint density at radius 3 is 1.47 bits per heavy atom. The Balaban J connectivity index is 0.994. The van der Waals surface area contributed by atoms with E-state index in [1.165, 1.54) is 94.8 Å². The van der Waals surface area contributed by atoms with E-state index in [1.807, 2.05) is 0 Å². The van der Waals surface area contributed by atoms with Gasteiger partial charge in [-0.1, -0.05) is 214 Å². The zero-order chi connectivity index (χ0) is 46.8. The standard InChI is InChI=1S/C69H57N/c1-44-37-38-65(3)58-33-19-20-34-60(58)70(66(4)63-53-28-14-18-32-57(53)69(46-21-7-5-8-22-46,47-23-9-6-10-24-47)62(63)45(2)61(44)64(65)66)48-35-36-52-51-27-13-17-31-56(51)68(59(52)43-48)41-39-67(40-42-68)54-29-15-11-25-49(54)50-26-12-16-30-55(50)67/h5-38,43-45H,39-42H2,1-4H3. The van der Waals surface area contributed by atoms with E-state index in [0.29, 0.717) is 0 Å². The first kappa shape index (κ1) is 40.6. The van der Waals surface area contributed by atoms with Crippen LogP contribution in [0.1, 0.15) is 103 Å². The van der Waals surface area contributed by atoms with Crippen molar-refractivity contribution in [2.75, 3.05) is 4.90 Å². The van der Waals surface area contributed by atoms with E-state index >= 15 is 0 Å². The van der Waals surface area contributed by atoms with Gasteiger partial charge in [-0.15, -0.1) is 0 Å². The van der Waals surface area contributed by atoms with Crippen LogP contribution in [0.2, 0.25) is 0 Å². The maximum Gasteiger partial charge on any atom is 0.0908 e. The second kappa shape index (κ2) is 14.0. The van der Waals surface area contributed by atoms with E-state index in [1.54, 1.807) is 11.1 Å². The molecule has 1 nitrogen and oxygen atoms in total. The predicted octanol–water partition coefficient (Wildman–Crippen LogP) is 16.6. The molecule has 0 aromatic heterocycles. The summed E-state index contributed by atoms with van der Waals surface area (Å²) < 4.78 is 0. The van der Waals surface area contributed by atoms with Gasteiger partial charge >= 0.3 is 0 Å². The van der Waals surface area contributed by atoms with Crippen LogP contribution in [0.5, 0.6) is 0 Å². The summed E-state index contributed by atoms with van der Waals surface area (Å²) in [7, 11) is 0. The molecule has 1 fully saturated rings. The van der Waals surface area contributed by atoms with Crippen molar-refractivity contribution in [1.82, 2.24) is 0 Å². The number of hydrogen-bond acceptors (Lipinski definition) is 1. The van der Waals surface area contributed by atoms with Crippen LogP contribution < -0.4 is 4.90 Å². The maximum absolute atomic E-state index is 2.85. The molecule has 4 unspecified atom stereocenters. The van der Waals surface area contributed by atoms with Gasteiger partial charge in [0.05, 0.1) is 11.0 Å². The van der Waals surface area contributed by atoms with Crippen LogP contribution in [0.25, 0.3) is 27.8 Å². The van der Waals surface area contributed by atoms with E-state index in [0.717, 1.165) is 25.7 Å². The van der Waals surface area contributed by atoms with Gasteiger partial charge in [0.1, 0.15) is 0 Å². The van der Waals surface area contributed by atoms with E-state index in [9.17, 15) is 0 Å². The molecule has 1 aliphatic heterocycles. The summed E-state index contributed by atoms with van der Waals surface area (Å²) in [6.07, 6.45) is 9.56. The summed E-state index contributed by atoms with van der Waals surface area (Å²) in [6, 6.07) is 77.7. The number of anilines is 2. The molecule has 70 heavy (non-hydrogen) atoms. The zero-order valence-corrected chi connectivity index (χ0v) is 40.6. The fourth-order valence-corrected chi connectivity index (χ4v) is 16.8. The highest BCUT2D eigenvalue weighted by Crippen LogP contribution is 2.71. The Labute approximate surface area is 413 Å². The van der Waals surface area contributed by atoms with Crippen molar-refractivity contribution in [2.24, 2.45) is 11.8 Å². The van der Waals surface area contributed by atoms with E-state index in [4.69, 9.17) is 0 Å². The molecule has 15 rings (SSSR count). The lowest BCUT2D eigenvalue weighted by Crippen LogP contribution is -2.59. The number of hydrogen-bond donors (Lipinski definition) is 0. The molecule has 0 bridgehead atoms. The molecule has 0 radical (unpaired) electrons. The summed E-state index contributed by atoms with van der Waals surface area (Å²) in [5.41, 5.74) is 25.9.